The van der Waals surface area contributed by atoms with Gasteiger partial charge in [0.15, 0.2) is 0 Å². The number of carbonyl (C=O) groups excluding carboxylic acids is 1. The largest absolute Gasteiger partial charge is 0.489 e. The molecule has 0 fully saturated rings. The highest BCUT2D eigenvalue weighted by molar-refractivity contribution is 7.92. The van der Waals surface area contributed by atoms with E-state index >= 15 is 0 Å². The number of anilines is 1. The molecule has 0 spiro atoms. The Labute approximate surface area is 189 Å². The Morgan fingerprint density at radius 2 is 1.75 bits per heavy atom. The van der Waals surface area contributed by atoms with E-state index in [1.807, 2.05) is 67.6 Å². The first-order valence-corrected chi connectivity index (χ1v) is 12.0. The number of carbonyl (C=O) groups is 1. The van der Waals surface area contributed by atoms with Crippen molar-refractivity contribution >= 4 is 27.7 Å². The number of hydrogen-bond acceptors (Lipinski definition) is 4. The van der Waals surface area contributed by atoms with E-state index in [-0.39, 0.29) is 11.9 Å². The molecule has 0 radical (unpaired) electrons. The van der Waals surface area contributed by atoms with E-state index in [1.54, 1.807) is 24.3 Å². The predicted molar refractivity (Wildman–Crippen MR) is 128 cm³/mol. The molecule has 1 unspecified atom stereocenters. The quantitative estimate of drug-likeness (QED) is 0.469. The van der Waals surface area contributed by atoms with Crippen molar-refractivity contribution in [3.05, 3.63) is 102 Å². The second-order valence-electron chi connectivity index (χ2n) is 7.41. The van der Waals surface area contributed by atoms with E-state index in [4.69, 9.17) is 4.74 Å². The first-order chi connectivity index (χ1) is 15.3. The fraction of sp³-hybridized carbons (Fsp3) is 0.160. The summed E-state index contributed by atoms with van der Waals surface area (Å²) >= 11 is 0. The van der Waals surface area contributed by atoms with E-state index < -0.39 is 10.0 Å². The van der Waals surface area contributed by atoms with Crippen molar-refractivity contribution in [3.63, 3.8) is 0 Å². The highest BCUT2D eigenvalue weighted by Gasteiger charge is 2.10. The first-order valence-electron chi connectivity index (χ1n) is 10.1. The fourth-order valence-electron chi connectivity index (χ4n) is 3.05. The van der Waals surface area contributed by atoms with Crippen LogP contribution in [0.3, 0.4) is 0 Å². The lowest BCUT2D eigenvalue weighted by molar-refractivity contribution is -0.117. The van der Waals surface area contributed by atoms with Gasteiger partial charge in [-0.25, -0.2) is 8.42 Å². The van der Waals surface area contributed by atoms with Gasteiger partial charge in [-0.2, -0.15) is 0 Å². The van der Waals surface area contributed by atoms with Gasteiger partial charge >= 0.3 is 0 Å². The third kappa shape index (κ3) is 7.59. The van der Waals surface area contributed by atoms with Gasteiger partial charge in [-0.1, -0.05) is 54.6 Å². The molecule has 0 bridgehead atoms. The molecule has 166 valence electrons. The van der Waals surface area contributed by atoms with Crippen molar-refractivity contribution in [1.29, 1.82) is 0 Å². The second kappa shape index (κ2) is 10.6. The lowest BCUT2D eigenvalue weighted by atomic mass is 10.1. The van der Waals surface area contributed by atoms with Crippen molar-refractivity contribution in [2.45, 2.75) is 19.6 Å². The summed E-state index contributed by atoms with van der Waals surface area (Å²) < 4.78 is 31.1. The van der Waals surface area contributed by atoms with Crippen molar-refractivity contribution in [3.8, 4) is 5.75 Å². The molecule has 0 aliphatic heterocycles. The number of nitrogens with one attached hydrogen (secondary N) is 2. The minimum atomic E-state index is -3.36. The molecular formula is C25H26N2O4S. The third-order valence-corrected chi connectivity index (χ3v) is 5.19. The van der Waals surface area contributed by atoms with Crippen LogP contribution in [0.1, 0.15) is 29.7 Å². The van der Waals surface area contributed by atoms with Gasteiger partial charge in [-0.05, 0) is 54.0 Å². The van der Waals surface area contributed by atoms with Gasteiger partial charge in [0.25, 0.3) is 0 Å². The molecule has 3 rings (SSSR count). The fourth-order valence-corrected chi connectivity index (χ4v) is 3.61. The number of rotatable bonds is 9. The van der Waals surface area contributed by atoms with Crippen LogP contribution in [0.2, 0.25) is 0 Å². The molecule has 1 amide bonds. The Morgan fingerprint density at radius 3 is 2.50 bits per heavy atom. The van der Waals surface area contributed by atoms with Crippen LogP contribution in [0.25, 0.3) is 6.08 Å². The summed E-state index contributed by atoms with van der Waals surface area (Å²) in [6.07, 6.45) is 4.28. The van der Waals surface area contributed by atoms with E-state index in [0.717, 1.165) is 28.7 Å². The van der Waals surface area contributed by atoms with Gasteiger partial charge in [0.05, 0.1) is 12.3 Å². The van der Waals surface area contributed by atoms with Crippen LogP contribution in [-0.4, -0.2) is 20.6 Å². The van der Waals surface area contributed by atoms with Gasteiger partial charge < -0.3 is 10.1 Å². The van der Waals surface area contributed by atoms with E-state index in [2.05, 4.69) is 10.0 Å². The molecule has 32 heavy (non-hydrogen) atoms. The molecule has 6 nitrogen and oxygen atoms in total. The lowest BCUT2D eigenvalue weighted by Gasteiger charge is -2.14. The SMILES string of the molecule is CC(NC(=O)C=Cc1cccc(OCc2ccccc2)c1)c1cccc(NS(C)(=O)=O)c1. The van der Waals surface area contributed by atoms with Gasteiger partial charge in [-0.3, -0.25) is 9.52 Å². The first kappa shape index (κ1) is 23.1. The molecular weight excluding hydrogens is 424 g/mol. The smallest absolute Gasteiger partial charge is 0.244 e. The molecule has 2 N–H and O–H groups in total. The summed E-state index contributed by atoms with van der Waals surface area (Å²) in [5.74, 6) is 0.467. The van der Waals surface area contributed by atoms with Crippen LogP contribution < -0.4 is 14.8 Å². The number of hydrogen-bond donors (Lipinski definition) is 2. The maximum atomic E-state index is 12.4. The molecule has 0 aliphatic rings. The lowest BCUT2D eigenvalue weighted by Crippen LogP contribution is -2.24. The number of amides is 1. The molecule has 0 heterocycles. The number of benzene rings is 3. The van der Waals surface area contributed by atoms with Crippen LogP contribution in [0.5, 0.6) is 5.75 Å². The monoisotopic (exact) mass is 450 g/mol. The molecule has 0 saturated heterocycles. The average Bonchev–Trinajstić information content (AvgIpc) is 2.76. The summed E-state index contributed by atoms with van der Waals surface area (Å²) in [6, 6.07) is 24.0. The standard InChI is InChI=1S/C25H26N2O4S/c1-19(22-11-7-12-23(17-22)27-32(2,29)30)26-25(28)15-14-20-10-6-13-24(16-20)31-18-21-8-4-3-5-9-21/h3-17,19,27H,18H2,1-2H3,(H,26,28). The molecule has 7 heteroatoms. The van der Waals surface area contributed by atoms with Crippen LogP contribution in [-0.2, 0) is 21.4 Å². The van der Waals surface area contributed by atoms with E-state index in [1.165, 1.54) is 6.08 Å². The molecule has 0 aromatic heterocycles. The van der Waals surface area contributed by atoms with Crippen LogP contribution in [0, 0.1) is 0 Å². The number of ether oxygens (including phenoxy) is 1. The summed E-state index contributed by atoms with van der Waals surface area (Å²) in [7, 11) is -3.36. The second-order valence-corrected chi connectivity index (χ2v) is 9.16. The minimum absolute atomic E-state index is 0.255. The molecule has 0 aliphatic carbocycles. The zero-order valence-electron chi connectivity index (χ0n) is 18.0. The Hall–Kier alpha value is -3.58. The molecule has 3 aromatic carbocycles. The number of sulfonamides is 1. The van der Waals surface area contributed by atoms with Crippen molar-refractivity contribution in [1.82, 2.24) is 5.32 Å². The Bertz CT molecular complexity index is 1190. The van der Waals surface area contributed by atoms with Gasteiger partial charge in [0.1, 0.15) is 12.4 Å². The van der Waals surface area contributed by atoms with Gasteiger partial charge in [0.2, 0.25) is 15.9 Å². The van der Waals surface area contributed by atoms with E-state index in [9.17, 15) is 13.2 Å². The zero-order chi connectivity index (χ0) is 23.0. The Morgan fingerprint density at radius 1 is 1.00 bits per heavy atom. The molecule has 3 aromatic rings. The average molecular weight is 451 g/mol. The zero-order valence-corrected chi connectivity index (χ0v) is 18.8. The predicted octanol–water partition coefficient (Wildman–Crippen LogP) is 4.53. The highest BCUT2D eigenvalue weighted by atomic mass is 32.2. The Balaban J connectivity index is 1.57. The van der Waals surface area contributed by atoms with Crippen molar-refractivity contribution < 1.29 is 17.9 Å². The maximum absolute atomic E-state index is 12.4. The summed E-state index contributed by atoms with van der Waals surface area (Å²) in [5, 5.41) is 2.88. The summed E-state index contributed by atoms with van der Waals surface area (Å²) in [5.41, 5.74) is 3.17. The summed E-state index contributed by atoms with van der Waals surface area (Å²) in [6.45, 7) is 2.31. The van der Waals surface area contributed by atoms with Crippen LogP contribution >= 0.6 is 0 Å². The Kier molecular flexibility index (Phi) is 7.68. The normalized spacial score (nSPS) is 12.3. The molecule has 1 atom stereocenters. The maximum Gasteiger partial charge on any atom is 0.244 e. The van der Waals surface area contributed by atoms with Crippen LogP contribution in [0.4, 0.5) is 5.69 Å². The minimum Gasteiger partial charge on any atom is -0.489 e. The van der Waals surface area contributed by atoms with Gasteiger partial charge in [-0.15, -0.1) is 0 Å². The van der Waals surface area contributed by atoms with Gasteiger partial charge in [0, 0.05) is 11.8 Å². The van der Waals surface area contributed by atoms with Crippen LogP contribution in [0.15, 0.2) is 84.9 Å². The highest BCUT2D eigenvalue weighted by Crippen LogP contribution is 2.19. The van der Waals surface area contributed by atoms with Crippen molar-refractivity contribution in [2.24, 2.45) is 0 Å². The topological polar surface area (TPSA) is 84.5 Å². The third-order valence-electron chi connectivity index (χ3n) is 4.58. The summed E-state index contributed by atoms with van der Waals surface area (Å²) in [4.78, 5) is 12.4. The van der Waals surface area contributed by atoms with E-state index in [0.29, 0.717) is 12.3 Å². The van der Waals surface area contributed by atoms with Crippen molar-refractivity contribution in [2.75, 3.05) is 11.0 Å². The molecule has 0 saturated carbocycles.